The molecule has 118 valence electrons. The minimum atomic E-state index is -3.95. The van der Waals surface area contributed by atoms with Crippen LogP contribution in [0.5, 0.6) is 0 Å². The smallest absolute Gasteiger partial charge is 0.309 e. The van der Waals surface area contributed by atoms with Crippen LogP contribution in [0.4, 0.5) is 10.1 Å². The Morgan fingerprint density at radius 2 is 2.05 bits per heavy atom. The van der Waals surface area contributed by atoms with Gasteiger partial charge in [0.05, 0.1) is 17.9 Å². The first-order chi connectivity index (χ1) is 9.61. The Labute approximate surface area is 123 Å². The molecule has 0 saturated carbocycles. The van der Waals surface area contributed by atoms with Gasteiger partial charge in [-0.3, -0.25) is 4.79 Å². The van der Waals surface area contributed by atoms with Crippen molar-refractivity contribution in [3.8, 4) is 0 Å². The van der Waals surface area contributed by atoms with Crippen molar-refractivity contribution in [2.75, 3.05) is 26.4 Å². The quantitative estimate of drug-likeness (QED) is 0.649. The Bertz CT molecular complexity index is 646. The monoisotopic (exact) mass is 318 g/mol. The second-order valence-electron chi connectivity index (χ2n) is 4.84. The summed E-state index contributed by atoms with van der Waals surface area (Å²) in [4.78, 5) is 11.2. The van der Waals surface area contributed by atoms with Gasteiger partial charge in [0.15, 0.2) is 0 Å². The van der Waals surface area contributed by atoms with Crippen LogP contribution in [-0.4, -0.2) is 39.4 Å². The largest absolute Gasteiger partial charge is 0.469 e. The number of nitrogens with two attached hydrogens (primary N) is 1. The lowest BCUT2D eigenvalue weighted by atomic mass is 10.2. The first kappa shape index (κ1) is 17.4. The highest BCUT2D eigenvalue weighted by Gasteiger charge is 2.28. The summed E-state index contributed by atoms with van der Waals surface area (Å²) >= 11 is 0. The van der Waals surface area contributed by atoms with Crippen molar-refractivity contribution >= 4 is 21.7 Å². The third kappa shape index (κ3) is 3.70. The third-order valence-corrected chi connectivity index (χ3v) is 5.09. The molecule has 0 bridgehead atoms. The maximum absolute atomic E-state index is 13.6. The van der Waals surface area contributed by atoms with Crippen molar-refractivity contribution in [2.45, 2.75) is 18.7 Å². The number of carbonyl (C=O) groups excluding carboxylic acids is 1. The minimum absolute atomic E-state index is 0.0122. The normalized spacial score (nSPS) is 13.2. The van der Waals surface area contributed by atoms with Crippen LogP contribution in [0.3, 0.4) is 0 Å². The fourth-order valence-corrected chi connectivity index (χ4v) is 3.39. The van der Waals surface area contributed by atoms with Crippen LogP contribution >= 0.6 is 0 Å². The molecule has 0 aliphatic heterocycles. The molecule has 0 fully saturated rings. The van der Waals surface area contributed by atoms with E-state index < -0.39 is 27.7 Å². The van der Waals surface area contributed by atoms with Gasteiger partial charge in [-0.15, -0.1) is 0 Å². The van der Waals surface area contributed by atoms with E-state index in [2.05, 4.69) is 4.74 Å². The van der Waals surface area contributed by atoms with Gasteiger partial charge < -0.3 is 10.5 Å². The van der Waals surface area contributed by atoms with E-state index in [0.29, 0.717) is 0 Å². The molecular formula is C13H19FN2O4S. The number of ether oxygens (including phenoxy) is 1. The number of nitrogen functional groups attached to an aromatic ring is 1. The van der Waals surface area contributed by atoms with E-state index in [1.54, 1.807) is 6.92 Å². The van der Waals surface area contributed by atoms with Crippen molar-refractivity contribution in [2.24, 2.45) is 5.92 Å². The standard InChI is InChI=1S/C13H19FN2O4S/c1-8(13(17)20-4)7-16(3)21(18,19)12-6-10(15)5-11(14)9(12)2/h5-6,8H,7,15H2,1-4H3. The minimum Gasteiger partial charge on any atom is -0.469 e. The van der Waals surface area contributed by atoms with E-state index in [-0.39, 0.29) is 22.7 Å². The summed E-state index contributed by atoms with van der Waals surface area (Å²) in [5, 5.41) is 0. The predicted octanol–water partition coefficient (Wildman–Crippen LogP) is 1.15. The van der Waals surface area contributed by atoms with Crippen molar-refractivity contribution in [3.05, 3.63) is 23.5 Å². The Kier molecular flexibility index (Phi) is 5.30. The van der Waals surface area contributed by atoms with E-state index in [9.17, 15) is 17.6 Å². The molecule has 6 nitrogen and oxygen atoms in total. The van der Waals surface area contributed by atoms with Crippen LogP contribution in [0.1, 0.15) is 12.5 Å². The van der Waals surface area contributed by atoms with Gasteiger partial charge in [-0.1, -0.05) is 6.92 Å². The molecule has 1 aromatic carbocycles. The second kappa shape index (κ2) is 6.40. The van der Waals surface area contributed by atoms with Crippen LogP contribution in [0.25, 0.3) is 0 Å². The summed E-state index contributed by atoms with van der Waals surface area (Å²) in [6.07, 6.45) is 0. The molecule has 0 aromatic heterocycles. The fourth-order valence-electron chi connectivity index (χ4n) is 1.87. The van der Waals surface area contributed by atoms with Crippen LogP contribution in [-0.2, 0) is 19.6 Å². The highest BCUT2D eigenvalue weighted by Crippen LogP contribution is 2.24. The number of hydrogen-bond acceptors (Lipinski definition) is 5. The third-order valence-electron chi connectivity index (χ3n) is 3.14. The number of methoxy groups -OCH3 is 1. The van der Waals surface area contributed by atoms with E-state index in [0.717, 1.165) is 10.4 Å². The first-order valence-corrected chi connectivity index (χ1v) is 7.65. The average molecular weight is 318 g/mol. The first-order valence-electron chi connectivity index (χ1n) is 6.21. The Morgan fingerprint density at radius 1 is 1.48 bits per heavy atom. The topological polar surface area (TPSA) is 89.7 Å². The Hall–Kier alpha value is -1.67. The average Bonchev–Trinajstić information content (AvgIpc) is 2.41. The number of halogens is 1. The molecule has 1 unspecified atom stereocenters. The molecule has 21 heavy (non-hydrogen) atoms. The molecule has 2 N–H and O–H groups in total. The van der Waals surface area contributed by atoms with Crippen LogP contribution < -0.4 is 5.73 Å². The van der Waals surface area contributed by atoms with Crippen LogP contribution in [0.2, 0.25) is 0 Å². The SMILES string of the molecule is COC(=O)C(C)CN(C)S(=O)(=O)c1cc(N)cc(F)c1C. The number of anilines is 1. The van der Waals surface area contributed by atoms with Gasteiger partial charge in [0, 0.05) is 24.8 Å². The van der Waals surface area contributed by atoms with Crippen molar-refractivity contribution in [1.82, 2.24) is 4.31 Å². The lowest BCUT2D eigenvalue weighted by molar-refractivity contribution is -0.144. The van der Waals surface area contributed by atoms with Crippen molar-refractivity contribution in [3.63, 3.8) is 0 Å². The molecule has 0 heterocycles. The molecule has 1 rings (SSSR count). The summed E-state index contributed by atoms with van der Waals surface area (Å²) in [6.45, 7) is 2.83. The molecule has 0 amide bonds. The van der Waals surface area contributed by atoms with Crippen molar-refractivity contribution in [1.29, 1.82) is 0 Å². The lowest BCUT2D eigenvalue weighted by Crippen LogP contribution is -2.34. The van der Waals surface area contributed by atoms with E-state index in [4.69, 9.17) is 5.73 Å². The zero-order valence-corrected chi connectivity index (χ0v) is 13.2. The maximum Gasteiger partial charge on any atom is 0.309 e. The summed E-state index contributed by atoms with van der Waals surface area (Å²) in [5.74, 6) is -1.85. The fraction of sp³-hybridized carbons (Fsp3) is 0.462. The highest BCUT2D eigenvalue weighted by atomic mass is 32.2. The number of sulfonamides is 1. The maximum atomic E-state index is 13.6. The van der Waals surface area contributed by atoms with E-state index >= 15 is 0 Å². The molecule has 8 heteroatoms. The van der Waals surface area contributed by atoms with Gasteiger partial charge >= 0.3 is 5.97 Å². The van der Waals surface area contributed by atoms with Gasteiger partial charge in [0.1, 0.15) is 5.82 Å². The molecule has 0 aliphatic carbocycles. The number of benzene rings is 1. The van der Waals surface area contributed by atoms with Crippen LogP contribution in [0, 0.1) is 18.7 Å². The van der Waals surface area contributed by atoms with Crippen LogP contribution in [0.15, 0.2) is 17.0 Å². The van der Waals surface area contributed by atoms with Gasteiger partial charge in [-0.2, -0.15) is 0 Å². The zero-order chi connectivity index (χ0) is 16.4. The molecule has 1 atom stereocenters. The molecule has 0 spiro atoms. The second-order valence-corrected chi connectivity index (χ2v) is 6.85. The number of hydrogen-bond donors (Lipinski definition) is 1. The number of esters is 1. The van der Waals surface area contributed by atoms with Gasteiger partial charge in [0.25, 0.3) is 0 Å². The molecule has 1 aromatic rings. The van der Waals surface area contributed by atoms with E-state index in [1.165, 1.54) is 27.1 Å². The summed E-state index contributed by atoms with van der Waals surface area (Å²) in [5.41, 5.74) is 5.51. The summed E-state index contributed by atoms with van der Waals surface area (Å²) < 4.78 is 44.1. The number of nitrogens with zero attached hydrogens (tertiary/aromatic N) is 1. The Morgan fingerprint density at radius 3 is 2.57 bits per heavy atom. The van der Waals surface area contributed by atoms with Gasteiger partial charge in [-0.25, -0.2) is 17.1 Å². The number of rotatable bonds is 5. The van der Waals surface area contributed by atoms with E-state index in [1.807, 2.05) is 0 Å². The molecule has 0 radical (unpaired) electrons. The molecule has 0 saturated heterocycles. The highest BCUT2D eigenvalue weighted by molar-refractivity contribution is 7.89. The molecular weight excluding hydrogens is 299 g/mol. The van der Waals surface area contributed by atoms with Gasteiger partial charge in [0.2, 0.25) is 10.0 Å². The summed E-state index contributed by atoms with van der Waals surface area (Å²) in [6, 6.07) is 2.26. The zero-order valence-electron chi connectivity index (χ0n) is 12.4. The number of carbonyl (C=O) groups is 1. The Balaban J connectivity index is 3.14. The van der Waals surface area contributed by atoms with Crippen molar-refractivity contribution < 1.29 is 22.3 Å². The predicted molar refractivity (Wildman–Crippen MR) is 76.5 cm³/mol. The molecule has 0 aliphatic rings. The summed E-state index contributed by atoms with van der Waals surface area (Å²) in [7, 11) is -1.40. The van der Waals surface area contributed by atoms with Gasteiger partial charge in [-0.05, 0) is 19.1 Å². The lowest BCUT2D eigenvalue weighted by Gasteiger charge is -2.21.